The van der Waals surface area contributed by atoms with Crippen LogP contribution in [0.1, 0.15) is 25.5 Å². The first-order valence-corrected chi connectivity index (χ1v) is 6.68. The highest BCUT2D eigenvalue weighted by Gasteiger charge is 2.30. The second-order valence-electron chi connectivity index (χ2n) is 4.38. The Morgan fingerprint density at radius 3 is 2.65 bits per heavy atom. The van der Waals surface area contributed by atoms with Gasteiger partial charge in [-0.2, -0.15) is 0 Å². The lowest BCUT2D eigenvalue weighted by Crippen LogP contribution is -2.45. The van der Waals surface area contributed by atoms with Gasteiger partial charge in [0.15, 0.2) is 5.11 Å². The summed E-state index contributed by atoms with van der Waals surface area (Å²) < 4.78 is 5.09. The molecule has 1 heterocycles. The zero-order chi connectivity index (χ0) is 14.7. The van der Waals surface area contributed by atoms with Crippen molar-refractivity contribution < 1.29 is 14.6 Å². The number of phenolic OH excluding ortho intramolecular Hbond substituents is 1. The molecule has 0 aliphatic carbocycles. The first-order valence-electron chi connectivity index (χ1n) is 6.27. The molecule has 6 heteroatoms. The van der Waals surface area contributed by atoms with Crippen molar-refractivity contribution in [3.8, 4) is 5.75 Å². The van der Waals surface area contributed by atoms with Gasteiger partial charge < -0.3 is 20.5 Å². The molecule has 1 aliphatic heterocycles. The van der Waals surface area contributed by atoms with Crippen LogP contribution in [0.2, 0.25) is 0 Å². The van der Waals surface area contributed by atoms with Crippen LogP contribution in [0.4, 0.5) is 0 Å². The molecule has 106 valence electrons. The quantitative estimate of drug-likeness (QED) is 0.582. The lowest BCUT2D eigenvalue weighted by Gasteiger charge is -2.29. The van der Waals surface area contributed by atoms with Crippen LogP contribution in [0.3, 0.4) is 0 Å². The van der Waals surface area contributed by atoms with E-state index in [4.69, 9.17) is 17.0 Å². The molecule has 1 atom stereocenters. The fraction of sp³-hybridized carbons (Fsp3) is 0.286. The molecule has 0 radical (unpaired) electrons. The van der Waals surface area contributed by atoms with Crippen LogP contribution < -0.4 is 10.6 Å². The molecule has 2 rings (SSSR count). The van der Waals surface area contributed by atoms with Crippen LogP contribution in [-0.2, 0) is 9.53 Å². The minimum Gasteiger partial charge on any atom is -0.508 e. The summed E-state index contributed by atoms with van der Waals surface area (Å²) in [5.74, 6) is -0.214. The van der Waals surface area contributed by atoms with E-state index in [1.165, 1.54) is 0 Å². The van der Waals surface area contributed by atoms with E-state index in [2.05, 4.69) is 10.6 Å². The number of rotatable bonds is 3. The summed E-state index contributed by atoms with van der Waals surface area (Å²) in [7, 11) is 0. The topological polar surface area (TPSA) is 70.6 Å². The summed E-state index contributed by atoms with van der Waals surface area (Å²) in [4.78, 5) is 12.1. The van der Waals surface area contributed by atoms with E-state index >= 15 is 0 Å². The van der Waals surface area contributed by atoms with Gasteiger partial charge >= 0.3 is 5.97 Å². The van der Waals surface area contributed by atoms with Crippen molar-refractivity contribution in [2.45, 2.75) is 19.9 Å². The Labute approximate surface area is 122 Å². The fourth-order valence-electron chi connectivity index (χ4n) is 2.09. The van der Waals surface area contributed by atoms with E-state index in [9.17, 15) is 9.90 Å². The molecule has 0 fully saturated rings. The van der Waals surface area contributed by atoms with Gasteiger partial charge in [-0.1, -0.05) is 12.1 Å². The minimum atomic E-state index is -0.386. The molecular weight excluding hydrogens is 276 g/mol. The van der Waals surface area contributed by atoms with Gasteiger partial charge in [0.1, 0.15) is 5.75 Å². The highest BCUT2D eigenvalue weighted by molar-refractivity contribution is 7.80. The minimum absolute atomic E-state index is 0.170. The SMILES string of the molecule is CCOC(=O)C1=C(C)NC(=S)N[C@H]1c1ccc(O)cc1. The van der Waals surface area contributed by atoms with Crippen molar-refractivity contribution in [2.24, 2.45) is 0 Å². The Morgan fingerprint density at radius 1 is 1.40 bits per heavy atom. The second-order valence-corrected chi connectivity index (χ2v) is 4.79. The molecule has 3 N–H and O–H groups in total. The first-order chi connectivity index (χ1) is 9.52. The van der Waals surface area contributed by atoms with E-state index in [-0.39, 0.29) is 17.8 Å². The molecule has 0 spiro atoms. The Morgan fingerprint density at radius 2 is 2.05 bits per heavy atom. The summed E-state index contributed by atoms with van der Waals surface area (Å²) in [6, 6.07) is 6.24. The second kappa shape index (κ2) is 5.92. The van der Waals surface area contributed by atoms with E-state index in [0.29, 0.717) is 23.0 Å². The van der Waals surface area contributed by atoms with Crippen LogP contribution >= 0.6 is 12.2 Å². The zero-order valence-electron chi connectivity index (χ0n) is 11.3. The normalized spacial score (nSPS) is 18.3. The monoisotopic (exact) mass is 292 g/mol. The molecule has 0 amide bonds. The standard InChI is InChI=1S/C14H16N2O3S/c1-3-19-13(18)11-8(2)15-14(20)16-12(11)9-4-6-10(17)7-5-9/h4-7,12,17H,3H2,1-2H3,(H2,15,16,20)/t12-/m0/s1. The van der Waals surface area contributed by atoms with Gasteiger partial charge in [-0.3, -0.25) is 0 Å². The number of phenols is 1. The van der Waals surface area contributed by atoms with Crippen molar-refractivity contribution in [1.29, 1.82) is 0 Å². The molecule has 5 nitrogen and oxygen atoms in total. The van der Waals surface area contributed by atoms with E-state index in [1.54, 1.807) is 38.1 Å². The van der Waals surface area contributed by atoms with Crippen LogP contribution in [0, 0.1) is 0 Å². The maximum atomic E-state index is 12.1. The van der Waals surface area contributed by atoms with Crippen LogP contribution in [0.25, 0.3) is 0 Å². The number of allylic oxidation sites excluding steroid dienone is 1. The molecule has 0 unspecified atom stereocenters. The number of nitrogens with one attached hydrogen (secondary N) is 2. The molecule has 0 saturated heterocycles. The lowest BCUT2D eigenvalue weighted by molar-refractivity contribution is -0.139. The van der Waals surface area contributed by atoms with E-state index < -0.39 is 0 Å². The van der Waals surface area contributed by atoms with Gasteiger partial charge in [-0.15, -0.1) is 0 Å². The molecular formula is C14H16N2O3S. The van der Waals surface area contributed by atoms with E-state index in [0.717, 1.165) is 5.56 Å². The Kier molecular flexibility index (Phi) is 4.24. The number of ether oxygens (including phenoxy) is 1. The Hall–Kier alpha value is -2.08. The van der Waals surface area contributed by atoms with Gasteiger partial charge in [0.05, 0.1) is 18.2 Å². The van der Waals surface area contributed by atoms with Gasteiger partial charge in [0.2, 0.25) is 0 Å². The lowest BCUT2D eigenvalue weighted by atomic mass is 9.95. The highest BCUT2D eigenvalue weighted by Crippen LogP contribution is 2.28. The fourth-order valence-corrected chi connectivity index (χ4v) is 2.36. The highest BCUT2D eigenvalue weighted by atomic mass is 32.1. The molecule has 20 heavy (non-hydrogen) atoms. The third-order valence-corrected chi connectivity index (χ3v) is 3.21. The van der Waals surface area contributed by atoms with Gasteiger partial charge in [-0.25, -0.2) is 4.79 Å². The van der Waals surface area contributed by atoms with E-state index in [1.807, 2.05) is 0 Å². The number of carbonyl (C=O) groups is 1. The van der Waals surface area contributed by atoms with Crippen molar-refractivity contribution in [3.63, 3.8) is 0 Å². The van der Waals surface area contributed by atoms with Crippen molar-refractivity contribution in [2.75, 3.05) is 6.61 Å². The van der Waals surface area contributed by atoms with Crippen molar-refractivity contribution in [1.82, 2.24) is 10.6 Å². The number of carbonyl (C=O) groups excluding carboxylic acids is 1. The molecule has 0 aromatic heterocycles. The first kappa shape index (κ1) is 14.3. The summed E-state index contributed by atoms with van der Waals surface area (Å²) in [5.41, 5.74) is 1.99. The molecule has 1 aromatic carbocycles. The van der Waals surface area contributed by atoms with Crippen molar-refractivity contribution in [3.05, 3.63) is 41.1 Å². The summed E-state index contributed by atoms with van der Waals surface area (Å²) in [6.45, 7) is 3.85. The number of thiocarbonyl (C=S) groups is 1. The average molecular weight is 292 g/mol. The molecule has 1 aliphatic rings. The largest absolute Gasteiger partial charge is 0.508 e. The predicted octanol–water partition coefficient (Wildman–Crippen LogP) is 1.75. The molecule has 1 aromatic rings. The third-order valence-electron chi connectivity index (χ3n) is 2.99. The maximum absolute atomic E-state index is 12.1. The maximum Gasteiger partial charge on any atom is 0.338 e. The number of aromatic hydroxyl groups is 1. The smallest absolute Gasteiger partial charge is 0.338 e. The summed E-state index contributed by atoms with van der Waals surface area (Å²) in [6.07, 6.45) is 0. The Balaban J connectivity index is 2.41. The van der Waals surface area contributed by atoms with Crippen molar-refractivity contribution >= 4 is 23.3 Å². The Bertz CT molecular complexity index is 566. The summed E-state index contributed by atoms with van der Waals surface area (Å²) >= 11 is 5.13. The molecule has 0 bridgehead atoms. The van der Waals surface area contributed by atoms with Crippen LogP contribution in [0.15, 0.2) is 35.5 Å². The summed E-state index contributed by atoms with van der Waals surface area (Å²) in [5, 5.41) is 15.8. The predicted molar refractivity (Wildman–Crippen MR) is 79.1 cm³/mol. The number of hydrogen-bond acceptors (Lipinski definition) is 4. The van der Waals surface area contributed by atoms with Crippen LogP contribution in [-0.4, -0.2) is 22.8 Å². The van der Waals surface area contributed by atoms with Gasteiger partial charge in [-0.05, 0) is 43.8 Å². The average Bonchev–Trinajstić information content (AvgIpc) is 2.38. The number of hydrogen-bond donors (Lipinski definition) is 3. The van der Waals surface area contributed by atoms with Gasteiger partial charge in [0, 0.05) is 5.70 Å². The number of esters is 1. The zero-order valence-corrected chi connectivity index (χ0v) is 12.1. The molecule has 0 saturated carbocycles. The van der Waals surface area contributed by atoms with Crippen LogP contribution in [0.5, 0.6) is 5.75 Å². The van der Waals surface area contributed by atoms with Gasteiger partial charge in [0.25, 0.3) is 0 Å². The third kappa shape index (κ3) is 2.91. The number of benzene rings is 1.